The summed E-state index contributed by atoms with van der Waals surface area (Å²) >= 11 is 0. The maximum absolute atomic E-state index is 2.66. The van der Waals surface area contributed by atoms with Gasteiger partial charge in [0.25, 0.3) is 0 Å². The first-order chi connectivity index (χ1) is 19.8. The third-order valence-electron chi connectivity index (χ3n) is 9.01. The van der Waals surface area contributed by atoms with Crippen molar-refractivity contribution in [1.82, 2.24) is 9.80 Å². The van der Waals surface area contributed by atoms with E-state index in [1.807, 2.05) is 0 Å². The van der Waals surface area contributed by atoms with Crippen molar-refractivity contribution in [2.24, 2.45) is 0 Å². The van der Waals surface area contributed by atoms with Gasteiger partial charge in [-0.15, -0.1) is 0 Å². The summed E-state index contributed by atoms with van der Waals surface area (Å²) in [7, 11) is 0. The third-order valence-corrected chi connectivity index (χ3v) is 9.01. The maximum atomic E-state index is 2.66. The average Bonchev–Trinajstić information content (AvgIpc) is 3.35. The van der Waals surface area contributed by atoms with Gasteiger partial charge in [-0.2, -0.15) is 0 Å². The molecular weight excluding hydrogens is 484 g/mol. The highest BCUT2D eigenvalue weighted by Crippen LogP contribution is 2.25. The van der Waals surface area contributed by atoms with E-state index in [0.29, 0.717) is 6.17 Å². The molecule has 1 atom stereocenters. The summed E-state index contributed by atoms with van der Waals surface area (Å²) < 4.78 is 0. The van der Waals surface area contributed by atoms with Gasteiger partial charge in [-0.05, 0) is 24.8 Å². The second kappa shape index (κ2) is 25.3. The number of benzene rings is 1. The van der Waals surface area contributed by atoms with Crippen LogP contribution in [0.2, 0.25) is 0 Å². The Balaban J connectivity index is 1.54. The van der Waals surface area contributed by atoms with Gasteiger partial charge in [0, 0.05) is 25.5 Å². The minimum Gasteiger partial charge on any atom is -0.356 e. The second-order valence-electron chi connectivity index (χ2n) is 12.7. The van der Waals surface area contributed by atoms with Gasteiger partial charge in [0.05, 0.1) is 0 Å². The van der Waals surface area contributed by atoms with Crippen LogP contribution < -0.4 is 0 Å². The number of unbranched alkanes of at least 4 members (excludes halogenated alkanes) is 22. The Kier molecular flexibility index (Phi) is 22.0. The maximum Gasteiger partial charge on any atom is 0.101 e. The first-order valence-electron chi connectivity index (χ1n) is 18.1. The van der Waals surface area contributed by atoms with E-state index in [-0.39, 0.29) is 0 Å². The first kappa shape index (κ1) is 34.8. The largest absolute Gasteiger partial charge is 0.356 e. The van der Waals surface area contributed by atoms with Crippen molar-refractivity contribution in [3.05, 3.63) is 48.3 Å². The van der Waals surface area contributed by atoms with Crippen LogP contribution in [0.5, 0.6) is 0 Å². The summed E-state index contributed by atoms with van der Waals surface area (Å²) in [6.45, 7) is 6.87. The van der Waals surface area contributed by atoms with Crippen LogP contribution in [0.4, 0.5) is 0 Å². The molecule has 230 valence electrons. The summed E-state index contributed by atoms with van der Waals surface area (Å²) in [5.41, 5.74) is 1.43. The van der Waals surface area contributed by atoms with E-state index in [1.54, 1.807) is 0 Å². The average molecular weight is 553 g/mol. The smallest absolute Gasteiger partial charge is 0.101 e. The van der Waals surface area contributed by atoms with Crippen LogP contribution in [-0.2, 0) is 6.54 Å². The monoisotopic (exact) mass is 553 g/mol. The van der Waals surface area contributed by atoms with E-state index in [4.69, 9.17) is 0 Å². The number of hydrogen-bond acceptors (Lipinski definition) is 2. The molecule has 2 rings (SSSR count). The van der Waals surface area contributed by atoms with Crippen LogP contribution >= 0.6 is 0 Å². The summed E-state index contributed by atoms with van der Waals surface area (Å²) in [4.78, 5) is 5.26. The summed E-state index contributed by atoms with van der Waals surface area (Å²) in [6.07, 6.45) is 40.9. The molecule has 1 aliphatic rings. The Morgan fingerprint density at radius 3 is 1.32 bits per heavy atom. The fraction of sp³-hybridized carbons (Fsp3) is 0.789. The minimum absolute atomic E-state index is 0.552. The first-order valence-corrected chi connectivity index (χ1v) is 18.1. The molecule has 1 aliphatic heterocycles. The Labute approximate surface area is 251 Å². The van der Waals surface area contributed by atoms with Gasteiger partial charge in [0.2, 0.25) is 0 Å². The fourth-order valence-electron chi connectivity index (χ4n) is 6.37. The zero-order chi connectivity index (χ0) is 28.4. The molecule has 1 heterocycles. The van der Waals surface area contributed by atoms with E-state index in [1.165, 1.54) is 173 Å². The predicted molar refractivity (Wildman–Crippen MR) is 178 cm³/mol. The standard InChI is InChI=1S/C38H68N2/c1-3-5-7-9-11-13-14-15-16-17-18-19-20-21-23-28-32-38-39(33-29-24-22-12-10-8-6-4-2)34-35-40(38)36-37-30-26-25-27-31-37/h25-27,30-31,34-35,38H,3-24,28-29,32-33,36H2,1-2H3. The molecule has 2 nitrogen and oxygen atoms in total. The summed E-state index contributed by atoms with van der Waals surface area (Å²) in [5, 5.41) is 0. The second-order valence-corrected chi connectivity index (χ2v) is 12.7. The van der Waals surface area contributed by atoms with Crippen LogP contribution in [0.15, 0.2) is 42.7 Å². The van der Waals surface area contributed by atoms with Crippen LogP contribution in [0, 0.1) is 0 Å². The quantitative estimate of drug-likeness (QED) is 0.0954. The number of nitrogens with zero attached hydrogens (tertiary/aromatic N) is 2. The van der Waals surface area contributed by atoms with E-state index >= 15 is 0 Å². The lowest BCUT2D eigenvalue weighted by Crippen LogP contribution is -2.38. The van der Waals surface area contributed by atoms with Gasteiger partial charge in [-0.3, -0.25) is 0 Å². The van der Waals surface area contributed by atoms with Crippen molar-refractivity contribution in [2.75, 3.05) is 6.54 Å². The highest BCUT2D eigenvalue weighted by atomic mass is 15.4. The molecule has 1 unspecified atom stereocenters. The van der Waals surface area contributed by atoms with Crippen molar-refractivity contribution in [2.45, 2.75) is 187 Å². The van der Waals surface area contributed by atoms with Crippen LogP contribution in [0.1, 0.15) is 180 Å². The molecule has 0 bridgehead atoms. The lowest BCUT2D eigenvalue weighted by Gasteiger charge is -2.33. The van der Waals surface area contributed by atoms with Gasteiger partial charge in [0.15, 0.2) is 0 Å². The van der Waals surface area contributed by atoms with E-state index in [0.717, 1.165) is 6.54 Å². The molecular formula is C38H68N2. The molecule has 40 heavy (non-hydrogen) atoms. The topological polar surface area (TPSA) is 6.48 Å². The summed E-state index contributed by atoms with van der Waals surface area (Å²) in [6, 6.07) is 11.0. The molecule has 0 N–H and O–H groups in total. The van der Waals surface area contributed by atoms with E-state index in [2.05, 4.69) is 66.4 Å². The normalized spacial score (nSPS) is 15.0. The molecule has 0 aromatic heterocycles. The van der Waals surface area contributed by atoms with Gasteiger partial charge in [0.1, 0.15) is 6.17 Å². The zero-order valence-electron chi connectivity index (χ0n) is 27.1. The van der Waals surface area contributed by atoms with E-state index in [9.17, 15) is 0 Å². The zero-order valence-corrected chi connectivity index (χ0v) is 27.1. The highest BCUT2D eigenvalue weighted by Gasteiger charge is 2.25. The molecule has 0 fully saturated rings. The van der Waals surface area contributed by atoms with Gasteiger partial charge in [-0.25, -0.2) is 0 Å². The highest BCUT2D eigenvalue weighted by molar-refractivity contribution is 5.16. The molecule has 0 amide bonds. The molecule has 0 aliphatic carbocycles. The molecule has 2 heteroatoms. The van der Waals surface area contributed by atoms with Gasteiger partial charge in [-0.1, -0.05) is 185 Å². The molecule has 0 saturated carbocycles. The lowest BCUT2D eigenvalue weighted by molar-refractivity contribution is 0.132. The SMILES string of the molecule is CCCCCCCCCCCCCCCCCCC1N(CCCCCCCCCC)C=CN1Cc1ccccc1. The third kappa shape index (κ3) is 17.4. The summed E-state index contributed by atoms with van der Waals surface area (Å²) in [5.74, 6) is 0. The van der Waals surface area contributed by atoms with Crippen molar-refractivity contribution in [3.8, 4) is 0 Å². The van der Waals surface area contributed by atoms with Crippen LogP contribution in [0.3, 0.4) is 0 Å². The molecule has 0 spiro atoms. The van der Waals surface area contributed by atoms with Crippen molar-refractivity contribution < 1.29 is 0 Å². The Morgan fingerprint density at radius 1 is 0.450 bits per heavy atom. The Hall–Kier alpha value is -1.44. The Bertz CT molecular complexity index is 684. The van der Waals surface area contributed by atoms with Gasteiger partial charge < -0.3 is 9.80 Å². The van der Waals surface area contributed by atoms with Crippen molar-refractivity contribution in [3.63, 3.8) is 0 Å². The van der Waals surface area contributed by atoms with Gasteiger partial charge >= 0.3 is 0 Å². The molecule has 0 saturated heterocycles. The fourth-order valence-corrected chi connectivity index (χ4v) is 6.37. The lowest BCUT2D eigenvalue weighted by atomic mass is 10.0. The molecule has 1 aromatic rings. The van der Waals surface area contributed by atoms with Crippen molar-refractivity contribution >= 4 is 0 Å². The predicted octanol–water partition coefficient (Wildman–Crippen LogP) is 12.4. The molecule has 0 radical (unpaired) electrons. The van der Waals surface area contributed by atoms with E-state index < -0.39 is 0 Å². The number of rotatable bonds is 28. The van der Waals surface area contributed by atoms with Crippen LogP contribution in [-0.4, -0.2) is 22.5 Å². The number of hydrogen-bond donors (Lipinski definition) is 0. The minimum atomic E-state index is 0.552. The Morgan fingerprint density at radius 2 is 0.850 bits per heavy atom. The molecule has 1 aromatic carbocycles. The van der Waals surface area contributed by atoms with Crippen LogP contribution in [0.25, 0.3) is 0 Å². The van der Waals surface area contributed by atoms with Crippen molar-refractivity contribution in [1.29, 1.82) is 0 Å².